The molecule has 0 spiro atoms. The molecule has 0 aliphatic heterocycles. The van der Waals surface area contributed by atoms with Crippen molar-refractivity contribution in [3.05, 3.63) is 11.4 Å². The molecule has 13 heavy (non-hydrogen) atoms. The van der Waals surface area contributed by atoms with Crippen LogP contribution in [-0.4, -0.2) is 17.7 Å². The molecule has 0 aliphatic rings. The second kappa shape index (κ2) is 3.93. The SMILES string of the molecule is C/C(NC(C)(C)C(N)=O)=C(\N)C=N. The van der Waals surface area contributed by atoms with Gasteiger partial charge in [0, 0.05) is 11.9 Å². The van der Waals surface area contributed by atoms with Crippen LogP contribution in [0.4, 0.5) is 0 Å². The van der Waals surface area contributed by atoms with E-state index in [1.54, 1.807) is 20.8 Å². The topological polar surface area (TPSA) is 105 Å². The highest BCUT2D eigenvalue weighted by molar-refractivity contribution is 5.84. The molecule has 1 amide bonds. The molecule has 6 N–H and O–H groups in total. The maximum atomic E-state index is 10.9. The van der Waals surface area contributed by atoms with E-state index in [1.165, 1.54) is 0 Å². The van der Waals surface area contributed by atoms with Crippen LogP contribution < -0.4 is 16.8 Å². The van der Waals surface area contributed by atoms with Gasteiger partial charge in [-0.3, -0.25) is 4.79 Å². The van der Waals surface area contributed by atoms with E-state index in [0.29, 0.717) is 5.70 Å². The summed E-state index contributed by atoms with van der Waals surface area (Å²) >= 11 is 0. The van der Waals surface area contributed by atoms with E-state index in [4.69, 9.17) is 16.9 Å². The summed E-state index contributed by atoms with van der Waals surface area (Å²) in [5.41, 5.74) is 10.6. The zero-order chi connectivity index (χ0) is 10.6. The van der Waals surface area contributed by atoms with Crippen LogP contribution in [0.25, 0.3) is 0 Å². The van der Waals surface area contributed by atoms with Gasteiger partial charge < -0.3 is 22.2 Å². The van der Waals surface area contributed by atoms with E-state index in [0.717, 1.165) is 6.21 Å². The van der Waals surface area contributed by atoms with Gasteiger partial charge in [0.05, 0.1) is 5.70 Å². The van der Waals surface area contributed by atoms with Gasteiger partial charge in [0.25, 0.3) is 0 Å². The lowest BCUT2D eigenvalue weighted by Gasteiger charge is -2.24. The third-order valence-electron chi connectivity index (χ3n) is 1.70. The predicted octanol–water partition coefficient (Wildman–Crippen LogP) is -0.320. The molecule has 0 fully saturated rings. The van der Waals surface area contributed by atoms with Gasteiger partial charge in [-0.05, 0) is 20.8 Å². The number of hydrogen-bond acceptors (Lipinski definition) is 4. The molecule has 5 nitrogen and oxygen atoms in total. The lowest BCUT2D eigenvalue weighted by Crippen LogP contribution is -2.50. The molecule has 0 aromatic heterocycles. The molecule has 0 aromatic rings. The van der Waals surface area contributed by atoms with Crippen LogP contribution in [0.3, 0.4) is 0 Å². The van der Waals surface area contributed by atoms with Gasteiger partial charge in [0.1, 0.15) is 5.54 Å². The van der Waals surface area contributed by atoms with Crippen molar-refractivity contribution in [2.45, 2.75) is 26.3 Å². The number of nitrogens with one attached hydrogen (secondary N) is 2. The third-order valence-corrected chi connectivity index (χ3v) is 1.70. The highest BCUT2D eigenvalue weighted by Gasteiger charge is 2.24. The van der Waals surface area contributed by atoms with Crippen molar-refractivity contribution in [1.82, 2.24) is 5.32 Å². The maximum Gasteiger partial charge on any atom is 0.242 e. The monoisotopic (exact) mass is 184 g/mol. The molecule has 74 valence electrons. The molecular weight excluding hydrogens is 168 g/mol. The Balaban J connectivity index is 4.63. The van der Waals surface area contributed by atoms with Gasteiger partial charge in [0.15, 0.2) is 0 Å². The standard InChI is InChI=1S/C8H16N4O/c1-5(6(10)4-9)12-8(2,3)7(11)13/h4,9,12H,10H2,1-3H3,(H2,11,13)/b6-5+,9-4?. The molecule has 0 rings (SSSR count). The lowest BCUT2D eigenvalue weighted by molar-refractivity contribution is -0.122. The van der Waals surface area contributed by atoms with E-state index < -0.39 is 11.4 Å². The molecule has 0 radical (unpaired) electrons. The molecule has 0 saturated heterocycles. The Morgan fingerprint density at radius 1 is 1.46 bits per heavy atom. The molecule has 0 bridgehead atoms. The summed E-state index contributed by atoms with van der Waals surface area (Å²) in [6, 6.07) is 0. The number of hydrogen-bond donors (Lipinski definition) is 4. The molecule has 0 aliphatic carbocycles. The fourth-order valence-corrected chi connectivity index (χ4v) is 0.711. The average molecular weight is 184 g/mol. The number of nitrogens with two attached hydrogens (primary N) is 2. The number of rotatable bonds is 4. The Labute approximate surface area is 77.7 Å². The minimum Gasteiger partial charge on any atom is -0.396 e. The first-order chi connectivity index (χ1) is 5.81. The van der Waals surface area contributed by atoms with Gasteiger partial charge >= 0.3 is 0 Å². The van der Waals surface area contributed by atoms with Crippen molar-refractivity contribution in [1.29, 1.82) is 5.41 Å². The summed E-state index contributed by atoms with van der Waals surface area (Å²) in [5, 5.41) is 9.73. The van der Waals surface area contributed by atoms with E-state index in [1.807, 2.05) is 0 Å². The molecular formula is C8H16N4O. The number of carbonyl (C=O) groups excluding carboxylic acids is 1. The minimum atomic E-state index is -0.849. The first-order valence-corrected chi connectivity index (χ1v) is 3.86. The number of carbonyl (C=O) groups is 1. The van der Waals surface area contributed by atoms with Gasteiger partial charge in [-0.15, -0.1) is 0 Å². The quantitative estimate of drug-likeness (QED) is 0.450. The van der Waals surface area contributed by atoms with Crippen LogP contribution in [0.15, 0.2) is 11.4 Å². The summed E-state index contributed by atoms with van der Waals surface area (Å²) in [4.78, 5) is 10.9. The van der Waals surface area contributed by atoms with Crippen molar-refractivity contribution in [3.8, 4) is 0 Å². The van der Waals surface area contributed by atoms with Crippen molar-refractivity contribution in [3.63, 3.8) is 0 Å². The Hall–Kier alpha value is -1.52. The highest BCUT2D eigenvalue weighted by Crippen LogP contribution is 2.04. The van der Waals surface area contributed by atoms with Crippen LogP contribution in [-0.2, 0) is 4.79 Å². The summed E-state index contributed by atoms with van der Waals surface area (Å²) in [7, 11) is 0. The van der Waals surface area contributed by atoms with Gasteiger partial charge in [-0.25, -0.2) is 0 Å². The molecule has 0 atom stereocenters. The number of amides is 1. The van der Waals surface area contributed by atoms with Crippen LogP contribution in [0.5, 0.6) is 0 Å². The van der Waals surface area contributed by atoms with Crippen LogP contribution in [0.1, 0.15) is 20.8 Å². The minimum absolute atomic E-state index is 0.286. The molecule has 0 heterocycles. The number of primary amides is 1. The summed E-state index contributed by atoms with van der Waals surface area (Å²) < 4.78 is 0. The zero-order valence-corrected chi connectivity index (χ0v) is 8.14. The average Bonchev–Trinajstić information content (AvgIpc) is 2.01. The Morgan fingerprint density at radius 3 is 2.23 bits per heavy atom. The Morgan fingerprint density at radius 2 is 1.92 bits per heavy atom. The van der Waals surface area contributed by atoms with Crippen molar-refractivity contribution < 1.29 is 4.79 Å². The summed E-state index contributed by atoms with van der Waals surface area (Å²) in [5.74, 6) is -0.468. The van der Waals surface area contributed by atoms with Crippen molar-refractivity contribution in [2.75, 3.05) is 0 Å². The number of allylic oxidation sites excluding steroid dienone is 2. The highest BCUT2D eigenvalue weighted by atomic mass is 16.1. The van der Waals surface area contributed by atoms with Crippen LogP contribution in [0.2, 0.25) is 0 Å². The fraction of sp³-hybridized carbons (Fsp3) is 0.500. The van der Waals surface area contributed by atoms with Gasteiger partial charge in [-0.2, -0.15) is 0 Å². The molecule has 0 aromatic carbocycles. The normalized spacial score (nSPS) is 13.2. The van der Waals surface area contributed by atoms with E-state index in [9.17, 15) is 4.79 Å². The van der Waals surface area contributed by atoms with Crippen LogP contribution in [0, 0.1) is 5.41 Å². The Kier molecular flexibility index (Phi) is 3.47. The first kappa shape index (κ1) is 11.5. The van der Waals surface area contributed by atoms with Gasteiger partial charge in [0.2, 0.25) is 5.91 Å². The second-order valence-electron chi connectivity index (χ2n) is 3.34. The summed E-state index contributed by atoms with van der Waals surface area (Å²) in [6.45, 7) is 4.98. The Bertz CT molecular complexity index is 255. The fourth-order valence-electron chi connectivity index (χ4n) is 0.711. The van der Waals surface area contributed by atoms with Crippen molar-refractivity contribution >= 4 is 12.1 Å². The van der Waals surface area contributed by atoms with Gasteiger partial charge in [-0.1, -0.05) is 0 Å². The van der Waals surface area contributed by atoms with E-state index >= 15 is 0 Å². The smallest absolute Gasteiger partial charge is 0.242 e. The van der Waals surface area contributed by atoms with E-state index in [-0.39, 0.29) is 5.70 Å². The predicted molar refractivity (Wildman–Crippen MR) is 52.1 cm³/mol. The zero-order valence-electron chi connectivity index (χ0n) is 8.14. The second-order valence-corrected chi connectivity index (χ2v) is 3.34. The maximum absolute atomic E-state index is 10.9. The van der Waals surface area contributed by atoms with E-state index in [2.05, 4.69) is 5.32 Å². The largest absolute Gasteiger partial charge is 0.396 e. The first-order valence-electron chi connectivity index (χ1n) is 3.86. The van der Waals surface area contributed by atoms with Crippen molar-refractivity contribution in [2.24, 2.45) is 11.5 Å². The molecule has 0 unspecified atom stereocenters. The molecule has 5 heteroatoms. The third kappa shape index (κ3) is 3.14. The lowest BCUT2D eigenvalue weighted by atomic mass is 10.0. The summed E-state index contributed by atoms with van der Waals surface area (Å²) in [6.07, 6.45) is 1.01. The van der Waals surface area contributed by atoms with Crippen LogP contribution >= 0.6 is 0 Å². The molecule has 0 saturated carbocycles.